The van der Waals surface area contributed by atoms with Crippen molar-refractivity contribution in [2.75, 3.05) is 19.6 Å². The molecule has 4 rings (SSSR count). The van der Waals surface area contributed by atoms with Crippen LogP contribution in [0.25, 0.3) is 0 Å². The van der Waals surface area contributed by atoms with E-state index in [-0.39, 0.29) is 18.5 Å². The number of rotatable bonds is 6. The van der Waals surface area contributed by atoms with Gasteiger partial charge in [0, 0.05) is 6.54 Å². The Balaban J connectivity index is 1.70. The SMILES string of the molecule is NC(=O)CN(CC(=O)O)CC12CC3CC(CC(C3)C1)C2. The summed E-state index contributed by atoms with van der Waals surface area (Å²) in [6.07, 6.45) is 7.76. The number of hydrogen-bond acceptors (Lipinski definition) is 3. The Morgan fingerprint density at radius 1 is 1.05 bits per heavy atom. The van der Waals surface area contributed by atoms with Crippen molar-refractivity contribution in [1.82, 2.24) is 4.90 Å². The van der Waals surface area contributed by atoms with Crippen molar-refractivity contribution in [2.24, 2.45) is 28.9 Å². The molecule has 5 heteroatoms. The Kier molecular flexibility index (Phi) is 3.48. The molecule has 112 valence electrons. The second-order valence-electron chi connectivity index (χ2n) is 7.42. The van der Waals surface area contributed by atoms with Crippen molar-refractivity contribution in [3.63, 3.8) is 0 Å². The summed E-state index contributed by atoms with van der Waals surface area (Å²) in [5.41, 5.74) is 5.51. The van der Waals surface area contributed by atoms with E-state index in [1.54, 1.807) is 4.90 Å². The highest BCUT2D eigenvalue weighted by atomic mass is 16.4. The van der Waals surface area contributed by atoms with Crippen LogP contribution in [0.5, 0.6) is 0 Å². The van der Waals surface area contributed by atoms with Gasteiger partial charge < -0.3 is 10.8 Å². The molecule has 4 bridgehead atoms. The van der Waals surface area contributed by atoms with E-state index in [0.717, 1.165) is 24.3 Å². The fourth-order valence-corrected chi connectivity index (χ4v) is 5.54. The molecule has 0 spiro atoms. The number of carbonyl (C=O) groups is 2. The first-order chi connectivity index (χ1) is 9.44. The molecular weight excluding hydrogens is 256 g/mol. The largest absolute Gasteiger partial charge is 0.480 e. The molecular formula is C15H24N2O3. The fraction of sp³-hybridized carbons (Fsp3) is 0.867. The highest BCUT2D eigenvalue weighted by molar-refractivity contribution is 5.77. The molecule has 1 amide bonds. The molecule has 0 saturated heterocycles. The van der Waals surface area contributed by atoms with Crippen LogP contribution in [0, 0.1) is 23.2 Å². The van der Waals surface area contributed by atoms with Gasteiger partial charge in [0.25, 0.3) is 0 Å². The van der Waals surface area contributed by atoms with Crippen LogP contribution in [-0.2, 0) is 9.59 Å². The number of amides is 1. The predicted octanol–water partition coefficient (Wildman–Crippen LogP) is 1.07. The second kappa shape index (κ2) is 5.02. The maximum absolute atomic E-state index is 11.2. The van der Waals surface area contributed by atoms with Crippen LogP contribution in [-0.4, -0.2) is 41.5 Å². The third-order valence-electron chi connectivity index (χ3n) is 5.46. The van der Waals surface area contributed by atoms with Gasteiger partial charge in [0.2, 0.25) is 5.91 Å². The summed E-state index contributed by atoms with van der Waals surface area (Å²) >= 11 is 0. The summed E-state index contributed by atoms with van der Waals surface area (Å²) in [7, 11) is 0. The summed E-state index contributed by atoms with van der Waals surface area (Å²) in [6.45, 7) is 0.713. The van der Waals surface area contributed by atoms with Crippen LogP contribution >= 0.6 is 0 Å². The monoisotopic (exact) mass is 280 g/mol. The van der Waals surface area contributed by atoms with Crippen molar-refractivity contribution in [2.45, 2.75) is 38.5 Å². The molecule has 0 aliphatic heterocycles. The summed E-state index contributed by atoms with van der Waals surface area (Å²) in [5, 5.41) is 9.02. The predicted molar refractivity (Wildman–Crippen MR) is 73.9 cm³/mol. The van der Waals surface area contributed by atoms with E-state index in [9.17, 15) is 9.59 Å². The summed E-state index contributed by atoms with van der Waals surface area (Å²) in [6, 6.07) is 0. The highest BCUT2D eigenvalue weighted by Crippen LogP contribution is 2.60. The molecule has 0 heterocycles. The van der Waals surface area contributed by atoms with E-state index in [4.69, 9.17) is 10.8 Å². The normalized spacial score (nSPS) is 38.4. The zero-order chi connectivity index (χ0) is 14.3. The second-order valence-corrected chi connectivity index (χ2v) is 7.42. The van der Waals surface area contributed by atoms with Crippen LogP contribution in [0.15, 0.2) is 0 Å². The molecule has 0 atom stereocenters. The molecule has 3 N–H and O–H groups in total. The van der Waals surface area contributed by atoms with E-state index >= 15 is 0 Å². The molecule has 4 fully saturated rings. The fourth-order valence-electron chi connectivity index (χ4n) is 5.54. The number of carbonyl (C=O) groups excluding carboxylic acids is 1. The molecule has 0 unspecified atom stereocenters. The standard InChI is InChI=1S/C15H24N2O3/c16-13(18)7-17(8-14(19)20)9-15-4-10-1-11(5-15)3-12(2-10)6-15/h10-12H,1-9H2,(H2,16,18)(H,19,20). The van der Waals surface area contributed by atoms with E-state index in [2.05, 4.69) is 0 Å². The lowest BCUT2D eigenvalue weighted by Crippen LogP contribution is -2.52. The van der Waals surface area contributed by atoms with E-state index in [1.165, 1.54) is 38.5 Å². The average Bonchev–Trinajstić information content (AvgIpc) is 2.23. The van der Waals surface area contributed by atoms with Crippen molar-refractivity contribution < 1.29 is 14.7 Å². The molecule has 0 radical (unpaired) electrons. The topological polar surface area (TPSA) is 83.6 Å². The lowest BCUT2D eigenvalue weighted by atomic mass is 9.49. The minimum absolute atomic E-state index is 0.0635. The lowest BCUT2D eigenvalue weighted by Gasteiger charge is -2.57. The number of primary amides is 1. The molecule has 4 aliphatic rings. The Hall–Kier alpha value is -1.10. The Morgan fingerprint density at radius 2 is 1.55 bits per heavy atom. The van der Waals surface area contributed by atoms with Gasteiger partial charge in [0.15, 0.2) is 0 Å². The Morgan fingerprint density at radius 3 is 1.95 bits per heavy atom. The number of nitrogens with zero attached hydrogens (tertiary/aromatic N) is 1. The van der Waals surface area contributed by atoms with Gasteiger partial charge in [-0.25, -0.2) is 0 Å². The van der Waals surface area contributed by atoms with Gasteiger partial charge in [-0.15, -0.1) is 0 Å². The number of aliphatic carboxylic acids is 1. The number of hydrogen-bond donors (Lipinski definition) is 2. The van der Waals surface area contributed by atoms with Gasteiger partial charge in [0.1, 0.15) is 0 Å². The van der Waals surface area contributed by atoms with Gasteiger partial charge in [-0.2, -0.15) is 0 Å². The first-order valence-corrected chi connectivity index (χ1v) is 7.66. The molecule has 5 nitrogen and oxygen atoms in total. The van der Waals surface area contributed by atoms with Crippen molar-refractivity contribution in [1.29, 1.82) is 0 Å². The molecule has 0 aromatic carbocycles. The maximum atomic E-state index is 11.2. The molecule has 0 aromatic rings. The zero-order valence-corrected chi connectivity index (χ0v) is 11.9. The Labute approximate surface area is 119 Å². The van der Waals surface area contributed by atoms with E-state index in [0.29, 0.717) is 0 Å². The maximum Gasteiger partial charge on any atom is 0.317 e. The van der Waals surface area contributed by atoms with E-state index in [1.807, 2.05) is 0 Å². The quantitative estimate of drug-likeness (QED) is 0.762. The van der Waals surface area contributed by atoms with Crippen molar-refractivity contribution >= 4 is 11.9 Å². The molecule has 4 aliphatic carbocycles. The number of carboxylic acid groups (broad SMARTS) is 1. The van der Waals surface area contributed by atoms with Crippen LogP contribution in [0.3, 0.4) is 0 Å². The first-order valence-electron chi connectivity index (χ1n) is 7.66. The van der Waals surface area contributed by atoms with Crippen LogP contribution in [0.2, 0.25) is 0 Å². The van der Waals surface area contributed by atoms with E-state index < -0.39 is 11.9 Å². The minimum atomic E-state index is -0.879. The van der Waals surface area contributed by atoms with Crippen LogP contribution < -0.4 is 5.73 Å². The van der Waals surface area contributed by atoms with Gasteiger partial charge in [-0.3, -0.25) is 14.5 Å². The molecule has 4 saturated carbocycles. The molecule has 20 heavy (non-hydrogen) atoms. The molecule has 0 aromatic heterocycles. The summed E-state index contributed by atoms with van der Waals surface area (Å²) < 4.78 is 0. The average molecular weight is 280 g/mol. The van der Waals surface area contributed by atoms with Crippen molar-refractivity contribution in [3.05, 3.63) is 0 Å². The van der Waals surface area contributed by atoms with Gasteiger partial charge in [-0.1, -0.05) is 0 Å². The lowest BCUT2D eigenvalue weighted by molar-refractivity contribution is -0.140. The van der Waals surface area contributed by atoms with Gasteiger partial charge in [0.05, 0.1) is 13.1 Å². The number of carboxylic acids is 1. The highest BCUT2D eigenvalue weighted by Gasteiger charge is 2.51. The zero-order valence-electron chi connectivity index (χ0n) is 11.9. The Bertz CT molecular complexity index is 370. The number of nitrogens with two attached hydrogens (primary N) is 1. The minimum Gasteiger partial charge on any atom is -0.480 e. The third kappa shape index (κ3) is 2.82. The first kappa shape index (κ1) is 13.9. The van der Waals surface area contributed by atoms with Crippen LogP contribution in [0.4, 0.5) is 0 Å². The summed E-state index contributed by atoms with van der Waals surface area (Å²) in [5.74, 6) is 1.19. The third-order valence-corrected chi connectivity index (χ3v) is 5.46. The van der Waals surface area contributed by atoms with Gasteiger partial charge >= 0.3 is 5.97 Å². The van der Waals surface area contributed by atoms with Crippen molar-refractivity contribution in [3.8, 4) is 0 Å². The summed E-state index contributed by atoms with van der Waals surface area (Å²) in [4.78, 5) is 23.9. The van der Waals surface area contributed by atoms with Gasteiger partial charge in [-0.05, 0) is 61.7 Å². The smallest absolute Gasteiger partial charge is 0.317 e. The van der Waals surface area contributed by atoms with Crippen LogP contribution in [0.1, 0.15) is 38.5 Å².